The van der Waals surface area contributed by atoms with E-state index in [4.69, 9.17) is 0 Å². The van der Waals surface area contributed by atoms with Crippen LogP contribution in [0.2, 0.25) is 0 Å². The highest BCUT2D eigenvalue weighted by atomic mass is 19.2. The fraction of sp³-hybridized carbons (Fsp3) is 0.667. The van der Waals surface area contributed by atoms with Crippen LogP contribution in [0.5, 0.6) is 0 Å². The molecule has 2 nitrogen and oxygen atoms in total. The van der Waals surface area contributed by atoms with E-state index in [9.17, 15) is 8.78 Å². The number of alkyl halides is 2. The van der Waals surface area contributed by atoms with E-state index >= 15 is 0 Å². The first kappa shape index (κ1) is 7.31. The van der Waals surface area contributed by atoms with Crippen molar-refractivity contribution in [2.45, 2.75) is 19.9 Å². The standard InChI is InChI=1S/C6H8F2O2/c1-4-5(2)10-6(8,3-7)9-4/h3H2,1-2H3. The molecule has 4 heteroatoms. The molecular formula is C6H8F2O2. The summed E-state index contributed by atoms with van der Waals surface area (Å²) in [5.41, 5.74) is 0. The van der Waals surface area contributed by atoms with Crippen LogP contribution in [0.15, 0.2) is 11.5 Å². The maximum Gasteiger partial charge on any atom is 0.436 e. The van der Waals surface area contributed by atoms with Gasteiger partial charge in [-0.1, -0.05) is 0 Å². The summed E-state index contributed by atoms with van der Waals surface area (Å²) in [6, 6.07) is -2.56. The molecule has 0 saturated heterocycles. The normalized spacial score (nSPS) is 22.4. The fourth-order valence-electron chi connectivity index (χ4n) is 0.676. The van der Waals surface area contributed by atoms with Gasteiger partial charge in [0.05, 0.1) is 0 Å². The third kappa shape index (κ3) is 1.05. The van der Waals surface area contributed by atoms with Gasteiger partial charge in [0.25, 0.3) is 0 Å². The quantitative estimate of drug-likeness (QED) is 0.568. The Morgan fingerprint density at radius 2 is 1.70 bits per heavy atom. The minimum Gasteiger partial charge on any atom is -0.426 e. The van der Waals surface area contributed by atoms with E-state index < -0.39 is 12.7 Å². The molecule has 1 aliphatic rings. The lowest BCUT2D eigenvalue weighted by Crippen LogP contribution is -2.26. The second-order valence-electron chi connectivity index (χ2n) is 2.11. The molecule has 0 aromatic carbocycles. The molecule has 10 heavy (non-hydrogen) atoms. The van der Waals surface area contributed by atoms with Gasteiger partial charge in [-0.05, 0) is 13.8 Å². The van der Waals surface area contributed by atoms with Gasteiger partial charge in [-0.2, -0.15) is 4.39 Å². The molecule has 0 unspecified atom stereocenters. The summed E-state index contributed by atoms with van der Waals surface area (Å²) in [5, 5.41) is 0. The summed E-state index contributed by atoms with van der Waals surface area (Å²) >= 11 is 0. The average molecular weight is 150 g/mol. The van der Waals surface area contributed by atoms with E-state index in [1.54, 1.807) is 0 Å². The number of ether oxygens (including phenoxy) is 2. The molecule has 0 aromatic heterocycles. The Morgan fingerprint density at radius 1 is 1.30 bits per heavy atom. The van der Waals surface area contributed by atoms with Crippen LogP contribution in [0.4, 0.5) is 8.78 Å². The Labute approximate surface area is 57.4 Å². The lowest BCUT2D eigenvalue weighted by molar-refractivity contribution is -0.257. The highest BCUT2D eigenvalue weighted by Gasteiger charge is 2.41. The van der Waals surface area contributed by atoms with Crippen molar-refractivity contribution in [3.63, 3.8) is 0 Å². The molecule has 0 aliphatic carbocycles. The van der Waals surface area contributed by atoms with E-state index in [0.29, 0.717) is 11.5 Å². The lowest BCUT2D eigenvalue weighted by Gasteiger charge is -2.14. The zero-order chi connectivity index (χ0) is 7.78. The van der Waals surface area contributed by atoms with Crippen LogP contribution >= 0.6 is 0 Å². The van der Waals surface area contributed by atoms with Crippen molar-refractivity contribution in [2.75, 3.05) is 6.67 Å². The molecule has 1 rings (SSSR count). The SMILES string of the molecule is CC1=C(C)OC(F)(CF)O1. The van der Waals surface area contributed by atoms with Gasteiger partial charge in [-0.3, -0.25) is 0 Å². The molecule has 0 aromatic rings. The molecular weight excluding hydrogens is 142 g/mol. The zero-order valence-corrected chi connectivity index (χ0v) is 5.78. The van der Waals surface area contributed by atoms with Gasteiger partial charge in [0, 0.05) is 0 Å². The highest BCUT2D eigenvalue weighted by Crippen LogP contribution is 2.31. The van der Waals surface area contributed by atoms with Crippen LogP contribution in [0.25, 0.3) is 0 Å². The zero-order valence-electron chi connectivity index (χ0n) is 5.78. The molecule has 58 valence electrons. The molecule has 0 fully saturated rings. The summed E-state index contributed by atoms with van der Waals surface area (Å²) in [6.45, 7) is 1.75. The topological polar surface area (TPSA) is 18.5 Å². The molecule has 0 N–H and O–H groups in total. The largest absolute Gasteiger partial charge is 0.436 e. The van der Waals surface area contributed by atoms with Crippen LogP contribution in [0, 0.1) is 0 Å². The van der Waals surface area contributed by atoms with E-state index in [1.807, 2.05) is 0 Å². The van der Waals surface area contributed by atoms with Gasteiger partial charge in [0.2, 0.25) is 6.67 Å². The molecule has 0 radical (unpaired) electrons. The van der Waals surface area contributed by atoms with Gasteiger partial charge < -0.3 is 9.47 Å². The minimum atomic E-state index is -2.56. The van der Waals surface area contributed by atoms with Crippen molar-refractivity contribution in [2.24, 2.45) is 0 Å². The second kappa shape index (κ2) is 2.11. The van der Waals surface area contributed by atoms with E-state index in [-0.39, 0.29) is 0 Å². The van der Waals surface area contributed by atoms with E-state index in [0.717, 1.165) is 0 Å². The molecule has 1 aliphatic heterocycles. The molecule has 0 atom stereocenters. The maximum absolute atomic E-state index is 12.7. The Balaban J connectivity index is 2.66. The molecule has 0 saturated carbocycles. The van der Waals surface area contributed by atoms with Crippen molar-refractivity contribution in [3.05, 3.63) is 11.5 Å². The first-order chi connectivity index (χ1) is 4.57. The van der Waals surface area contributed by atoms with Gasteiger partial charge in [0.1, 0.15) is 11.5 Å². The van der Waals surface area contributed by atoms with Gasteiger partial charge in [-0.15, -0.1) is 0 Å². The average Bonchev–Trinajstić information content (AvgIpc) is 2.10. The summed E-state index contributed by atoms with van der Waals surface area (Å²) in [5.74, 6) is 0.584. The van der Waals surface area contributed by atoms with Crippen LogP contribution < -0.4 is 0 Å². The van der Waals surface area contributed by atoms with Crippen molar-refractivity contribution in [1.29, 1.82) is 0 Å². The van der Waals surface area contributed by atoms with Crippen LogP contribution in [-0.4, -0.2) is 12.7 Å². The van der Waals surface area contributed by atoms with Crippen molar-refractivity contribution in [3.8, 4) is 0 Å². The molecule has 1 heterocycles. The third-order valence-corrected chi connectivity index (χ3v) is 1.27. The number of hydrogen-bond donors (Lipinski definition) is 0. The smallest absolute Gasteiger partial charge is 0.426 e. The number of allylic oxidation sites excluding steroid dienone is 2. The molecule has 0 bridgehead atoms. The van der Waals surface area contributed by atoms with Gasteiger partial charge >= 0.3 is 6.04 Å². The first-order valence-corrected chi connectivity index (χ1v) is 2.88. The Morgan fingerprint density at radius 3 is 1.90 bits per heavy atom. The fourth-order valence-corrected chi connectivity index (χ4v) is 0.676. The molecule has 0 amide bonds. The monoisotopic (exact) mass is 150 g/mol. The van der Waals surface area contributed by atoms with Crippen molar-refractivity contribution in [1.82, 2.24) is 0 Å². The highest BCUT2D eigenvalue weighted by molar-refractivity contribution is 5.01. The second-order valence-corrected chi connectivity index (χ2v) is 2.11. The summed E-state index contributed by atoms with van der Waals surface area (Å²) < 4.78 is 33.3. The summed E-state index contributed by atoms with van der Waals surface area (Å²) in [6.07, 6.45) is 0. The predicted molar refractivity (Wildman–Crippen MR) is 30.4 cm³/mol. The van der Waals surface area contributed by atoms with Crippen molar-refractivity contribution < 1.29 is 18.3 Å². The number of halogens is 2. The number of rotatable bonds is 1. The van der Waals surface area contributed by atoms with Crippen LogP contribution in [-0.2, 0) is 9.47 Å². The Hall–Kier alpha value is -0.800. The summed E-state index contributed by atoms with van der Waals surface area (Å²) in [7, 11) is 0. The van der Waals surface area contributed by atoms with E-state index in [1.165, 1.54) is 13.8 Å². The predicted octanol–water partition coefficient (Wildman–Crippen LogP) is 1.88. The van der Waals surface area contributed by atoms with Gasteiger partial charge in [0.15, 0.2) is 0 Å². The first-order valence-electron chi connectivity index (χ1n) is 2.88. The van der Waals surface area contributed by atoms with Gasteiger partial charge in [-0.25, -0.2) is 4.39 Å². The van der Waals surface area contributed by atoms with Crippen LogP contribution in [0.3, 0.4) is 0 Å². The Kier molecular flexibility index (Phi) is 1.54. The van der Waals surface area contributed by atoms with Crippen LogP contribution in [0.1, 0.15) is 13.8 Å². The molecule has 0 spiro atoms. The lowest BCUT2D eigenvalue weighted by atomic mass is 10.5. The van der Waals surface area contributed by atoms with E-state index in [2.05, 4.69) is 9.47 Å². The minimum absolute atomic E-state index is 0.292. The number of hydrogen-bond acceptors (Lipinski definition) is 2. The third-order valence-electron chi connectivity index (χ3n) is 1.27. The summed E-state index contributed by atoms with van der Waals surface area (Å²) in [4.78, 5) is 0. The Bertz CT molecular complexity index is 163. The van der Waals surface area contributed by atoms with Crippen molar-refractivity contribution >= 4 is 0 Å². The maximum atomic E-state index is 12.7.